The fourth-order valence-electron chi connectivity index (χ4n) is 4.27. The van der Waals surface area contributed by atoms with Crippen molar-refractivity contribution in [2.75, 3.05) is 0 Å². The Balaban J connectivity index is 1.91. The molecule has 0 N–H and O–H groups in total. The van der Waals surface area contributed by atoms with Crippen LogP contribution < -0.4 is 15.6 Å². The second kappa shape index (κ2) is 4.10. The van der Waals surface area contributed by atoms with E-state index in [1.54, 1.807) is 0 Å². The van der Waals surface area contributed by atoms with Gasteiger partial charge in [0.2, 0.25) is 0 Å². The summed E-state index contributed by atoms with van der Waals surface area (Å²) in [5, 5.41) is 0. The summed E-state index contributed by atoms with van der Waals surface area (Å²) in [5.74, 6) is 1.18. The molecule has 0 unspecified atom stereocenters. The number of imidazole rings is 1. The van der Waals surface area contributed by atoms with Crippen molar-refractivity contribution in [3.8, 4) is 0 Å². The summed E-state index contributed by atoms with van der Waals surface area (Å²) in [6, 6.07) is 11.2. The van der Waals surface area contributed by atoms with Crippen LogP contribution in [-0.2, 0) is 19.9 Å². The van der Waals surface area contributed by atoms with Crippen molar-refractivity contribution in [1.29, 1.82) is 0 Å². The number of hydrogen-bond donors (Lipinski definition) is 0. The molecule has 1 aromatic carbocycles. The number of rotatable bonds is 0. The Kier molecular flexibility index (Phi) is 2.27. The van der Waals surface area contributed by atoms with Gasteiger partial charge in [0.15, 0.2) is 11.8 Å². The molecule has 106 valence electrons. The first kappa shape index (κ1) is 12.2. The maximum atomic E-state index is 4.66. The normalized spacial score (nSPS) is 14.4. The minimum absolute atomic E-state index is 0.271. The summed E-state index contributed by atoms with van der Waals surface area (Å²) in [4.78, 5) is 4.66. The number of benzene rings is 1. The van der Waals surface area contributed by atoms with Gasteiger partial charge in [0.05, 0.1) is 0 Å². The van der Waals surface area contributed by atoms with Gasteiger partial charge in [0.25, 0.3) is 0 Å². The van der Waals surface area contributed by atoms with Crippen molar-refractivity contribution in [3.05, 3.63) is 70.9 Å². The van der Waals surface area contributed by atoms with Gasteiger partial charge in [-0.1, -0.05) is 18.2 Å². The highest BCUT2D eigenvalue weighted by atomic mass is 15.1. The monoisotopic (exact) mass is 286 g/mol. The highest BCUT2D eigenvalue weighted by Crippen LogP contribution is 2.23. The predicted octanol–water partition coefficient (Wildman–Crippen LogP) is 0.478. The van der Waals surface area contributed by atoms with Gasteiger partial charge in [-0.15, -0.1) is 0 Å². The van der Waals surface area contributed by atoms with Crippen LogP contribution in [0.4, 0.5) is 0 Å². The van der Waals surface area contributed by atoms with E-state index in [1.165, 1.54) is 39.3 Å². The maximum absolute atomic E-state index is 4.66. The smallest absolute Gasteiger partial charge is 0.362 e. The summed E-state index contributed by atoms with van der Waals surface area (Å²) in [6.07, 6.45) is 6.15. The molecule has 0 spiro atoms. The van der Waals surface area contributed by atoms with Crippen molar-refractivity contribution in [1.82, 2.24) is 9.46 Å². The zero-order valence-electron chi connectivity index (χ0n) is 12.9. The van der Waals surface area contributed by atoms with E-state index in [9.17, 15) is 0 Å². The van der Waals surface area contributed by atoms with E-state index in [0.29, 0.717) is 0 Å². The largest absolute Gasteiger partial charge is 0.410 e. The van der Waals surface area contributed by atoms with Crippen molar-refractivity contribution >= 4 is 17.9 Å². The molecule has 0 bridgehead atoms. The Morgan fingerprint density at radius 3 is 2.73 bits per heavy atom. The summed E-state index contributed by atoms with van der Waals surface area (Å²) < 4.78 is 4.72. The molecule has 3 aromatic rings. The molecular formula is C18H17BN3+. The third-order valence-electron chi connectivity index (χ3n) is 5.18. The van der Waals surface area contributed by atoms with Gasteiger partial charge in [0, 0.05) is 36.4 Å². The van der Waals surface area contributed by atoms with Crippen molar-refractivity contribution in [2.45, 2.75) is 19.8 Å². The molecule has 0 fully saturated rings. The summed E-state index contributed by atoms with van der Waals surface area (Å²) >= 11 is 0. The van der Waals surface area contributed by atoms with Crippen molar-refractivity contribution in [3.63, 3.8) is 0 Å². The van der Waals surface area contributed by atoms with Gasteiger partial charge in [0.1, 0.15) is 12.9 Å². The number of aromatic nitrogens is 3. The molecule has 0 saturated heterocycles. The van der Waals surface area contributed by atoms with Gasteiger partial charge in [-0.2, -0.15) is 0 Å². The van der Waals surface area contributed by atoms with Gasteiger partial charge in [-0.05, 0) is 29.6 Å². The Labute approximate surface area is 130 Å². The lowest BCUT2D eigenvalue weighted by molar-refractivity contribution is -0.654. The van der Waals surface area contributed by atoms with E-state index in [2.05, 4.69) is 64.5 Å². The molecule has 0 aliphatic carbocycles. The van der Waals surface area contributed by atoms with E-state index in [1.807, 2.05) is 6.20 Å². The quantitative estimate of drug-likeness (QED) is 0.300. The first-order valence-electron chi connectivity index (χ1n) is 7.85. The van der Waals surface area contributed by atoms with Gasteiger partial charge < -0.3 is 4.48 Å². The zero-order valence-corrected chi connectivity index (χ0v) is 12.9. The topological polar surface area (TPSA) is 21.7 Å². The van der Waals surface area contributed by atoms with Crippen LogP contribution in [0.25, 0.3) is 0 Å². The van der Waals surface area contributed by atoms with Crippen LogP contribution in [0.5, 0.6) is 0 Å². The van der Waals surface area contributed by atoms with Crippen LogP contribution in [-0.4, -0.2) is 16.3 Å². The van der Waals surface area contributed by atoms with E-state index < -0.39 is 0 Å². The van der Waals surface area contributed by atoms with Crippen LogP contribution in [0.2, 0.25) is 0 Å². The zero-order chi connectivity index (χ0) is 14.8. The van der Waals surface area contributed by atoms with E-state index in [4.69, 9.17) is 0 Å². The fourth-order valence-corrected chi connectivity index (χ4v) is 4.27. The van der Waals surface area contributed by atoms with Crippen molar-refractivity contribution in [2.24, 2.45) is 7.05 Å². The minimum atomic E-state index is 0.271. The molecular weight excluding hydrogens is 269 g/mol. The van der Waals surface area contributed by atoms with Crippen LogP contribution >= 0.6 is 0 Å². The number of aryl methyl sites for hydroxylation is 2. The molecule has 4 heteroatoms. The fraction of sp³-hybridized carbons (Fsp3) is 0.222. The van der Waals surface area contributed by atoms with Crippen LogP contribution in [0.1, 0.15) is 28.2 Å². The third kappa shape index (κ3) is 1.42. The summed E-state index contributed by atoms with van der Waals surface area (Å²) in [7, 11) is 2.16. The Hall–Kier alpha value is -2.36. The van der Waals surface area contributed by atoms with Gasteiger partial charge >= 0.3 is 6.85 Å². The van der Waals surface area contributed by atoms with Gasteiger partial charge in [-0.25, -0.2) is 9.55 Å². The second-order valence-electron chi connectivity index (χ2n) is 6.46. The number of nitrogens with zero attached hydrogens (tertiary/aromatic N) is 3. The number of hydrogen-bond acceptors (Lipinski definition) is 1. The van der Waals surface area contributed by atoms with E-state index in [0.717, 1.165) is 12.8 Å². The molecule has 0 saturated carbocycles. The first-order valence-corrected chi connectivity index (χ1v) is 7.85. The standard InChI is InChI=1S/C18H17BN3/c1-12-11-20-16-10-14-6-3-5-13-9-15-7-4-8-21(2)18(15)19(17(13)14)22(12)16/h3-8,11H,9-10H2,1-2H3/q+1. The summed E-state index contributed by atoms with van der Waals surface area (Å²) in [5.41, 5.74) is 8.50. The van der Waals surface area contributed by atoms with E-state index in [-0.39, 0.29) is 6.85 Å². The molecule has 2 aliphatic rings. The highest BCUT2D eigenvalue weighted by Gasteiger charge is 2.43. The number of pyridine rings is 1. The third-order valence-corrected chi connectivity index (χ3v) is 5.18. The highest BCUT2D eigenvalue weighted by molar-refractivity contribution is 6.84. The summed E-state index contributed by atoms with van der Waals surface area (Å²) in [6.45, 7) is 2.44. The molecule has 5 rings (SSSR count). The minimum Gasteiger partial charge on any atom is -0.362 e. The predicted molar refractivity (Wildman–Crippen MR) is 87.1 cm³/mol. The van der Waals surface area contributed by atoms with Crippen LogP contribution in [0.3, 0.4) is 0 Å². The SMILES string of the molecule is Cc1cnc2n1B1c3c(cccc3C2)Cc2ccc[n+](C)c21. The second-order valence-corrected chi connectivity index (χ2v) is 6.46. The Morgan fingerprint density at radius 2 is 1.86 bits per heavy atom. The molecule has 3 nitrogen and oxygen atoms in total. The molecule has 0 atom stereocenters. The van der Waals surface area contributed by atoms with Crippen molar-refractivity contribution < 1.29 is 4.57 Å². The van der Waals surface area contributed by atoms with Gasteiger partial charge in [-0.3, -0.25) is 0 Å². The molecule has 2 aliphatic heterocycles. The lowest BCUT2D eigenvalue weighted by atomic mass is 9.44. The molecule has 4 heterocycles. The number of fused-ring (bicyclic) bond motifs is 4. The maximum Gasteiger partial charge on any atom is 0.410 e. The molecule has 0 radical (unpaired) electrons. The molecule has 22 heavy (non-hydrogen) atoms. The lowest BCUT2D eigenvalue weighted by Crippen LogP contribution is -2.68. The first-order chi connectivity index (χ1) is 10.7. The molecule has 0 amide bonds. The van der Waals surface area contributed by atoms with Crippen LogP contribution in [0, 0.1) is 6.92 Å². The Morgan fingerprint density at radius 1 is 1.09 bits per heavy atom. The Bertz CT molecular complexity index is 909. The molecule has 2 aromatic heterocycles. The lowest BCUT2D eigenvalue weighted by Gasteiger charge is -2.31. The van der Waals surface area contributed by atoms with E-state index >= 15 is 0 Å². The average Bonchev–Trinajstić information content (AvgIpc) is 2.88. The average molecular weight is 286 g/mol. The van der Waals surface area contributed by atoms with Crippen LogP contribution in [0.15, 0.2) is 42.7 Å².